The number of amides is 1. The molecule has 19 heavy (non-hydrogen) atoms. The third-order valence-corrected chi connectivity index (χ3v) is 3.88. The number of nitrogens with one attached hydrogen (secondary N) is 1. The number of rotatable bonds is 5. The molecule has 0 fully saturated rings. The van der Waals surface area contributed by atoms with Gasteiger partial charge in [-0.25, -0.2) is 0 Å². The van der Waals surface area contributed by atoms with Crippen LogP contribution >= 0.6 is 22.6 Å². The maximum Gasteiger partial charge on any atom is 0.269 e. The third-order valence-electron chi connectivity index (χ3n) is 2.79. The zero-order chi connectivity index (χ0) is 13.8. The Hall–Kier alpha value is -1.34. The molecule has 100 valence electrons. The second-order valence-electron chi connectivity index (χ2n) is 4.02. The van der Waals surface area contributed by atoms with E-state index in [9.17, 15) is 4.79 Å². The van der Waals surface area contributed by atoms with Gasteiger partial charge in [-0.2, -0.15) is 0 Å². The summed E-state index contributed by atoms with van der Waals surface area (Å²) in [6, 6.07) is 7.91. The van der Waals surface area contributed by atoms with Gasteiger partial charge in [-0.1, -0.05) is 24.3 Å². The van der Waals surface area contributed by atoms with Gasteiger partial charge >= 0.3 is 0 Å². The van der Waals surface area contributed by atoms with Gasteiger partial charge in [0.15, 0.2) is 0 Å². The van der Waals surface area contributed by atoms with Gasteiger partial charge in [0.25, 0.3) is 5.91 Å². The monoisotopic (exact) mass is 370 g/mol. The Balaban J connectivity index is 2.57. The molecule has 2 aromatic rings. The fourth-order valence-corrected chi connectivity index (χ4v) is 2.99. The lowest BCUT2D eigenvalue weighted by Crippen LogP contribution is -2.27. The lowest BCUT2D eigenvalue weighted by atomic mass is 10.2. The Labute approximate surface area is 125 Å². The smallest absolute Gasteiger partial charge is 0.269 e. The molecule has 0 saturated heterocycles. The van der Waals surface area contributed by atoms with Crippen LogP contribution in [-0.2, 0) is 11.5 Å². The van der Waals surface area contributed by atoms with Gasteiger partial charge in [0.1, 0.15) is 12.4 Å². The first-order chi connectivity index (χ1) is 9.20. The van der Waals surface area contributed by atoms with Crippen LogP contribution in [0.15, 0.2) is 36.9 Å². The lowest BCUT2D eigenvalue weighted by molar-refractivity contribution is 0.0919. The molecule has 0 aliphatic rings. The number of carbonyl (C=O) groups is 1. The van der Waals surface area contributed by atoms with Gasteiger partial charge in [-0.15, -0.1) is 6.58 Å². The summed E-state index contributed by atoms with van der Waals surface area (Å²) in [6.07, 6.45) is 1.66. The average Bonchev–Trinajstić information content (AvgIpc) is 2.71. The van der Waals surface area contributed by atoms with Gasteiger partial charge in [0.05, 0.1) is 9.09 Å². The zero-order valence-corrected chi connectivity index (χ0v) is 12.8. The van der Waals surface area contributed by atoms with E-state index < -0.39 is 0 Å². The van der Waals surface area contributed by atoms with Crippen LogP contribution in [0.4, 0.5) is 0 Å². The van der Waals surface area contributed by atoms with Crippen LogP contribution in [0.3, 0.4) is 0 Å². The summed E-state index contributed by atoms with van der Waals surface area (Å²) in [6.45, 7) is 4.40. The molecule has 0 bridgehead atoms. The molecule has 0 spiro atoms. The van der Waals surface area contributed by atoms with E-state index in [0.29, 0.717) is 19.0 Å². The van der Waals surface area contributed by atoms with Crippen LogP contribution in [0.1, 0.15) is 10.5 Å². The van der Waals surface area contributed by atoms with Crippen LogP contribution < -0.4 is 5.32 Å². The fourth-order valence-electron chi connectivity index (χ4n) is 2.00. The van der Waals surface area contributed by atoms with Gasteiger partial charge in [0, 0.05) is 19.0 Å². The summed E-state index contributed by atoms with van der Waals surface area (Å²) in [7, 11) is 1.62. The second kappa shape index (κ2) is 6.21. The number of halogens is 1. The first-order valence-corrected chi connectivity index (χ1v) is 6.93. The predicted molar refractivity (Wildman–Crippen MR) is 84.2 cm³/mol. The van der Waals surface area contributed by atoms with Crippen molar-refractivity contribution >= 4 is 39.4 Å². The van der Waals surface area contributed by atoms with Gasteiger partial charge in [0.2, 0.25) is 0 Å². The summed E-state index contributed by atoms with van der Waals surface area (Å²) in [5, 5.41) is 3.87. The van der Waals surface area contributed by atoms with Crippen molar-refractivity contribution in [1.82, 2.24) is 9.88 Å². The molecule has 1 heterocycles. The molecule has 0 aliphatic heterocycles. The Kier molecular flexibility index (Phi) is 4.60. The largest absolute Gasteiger partial charge is 0.364 e. The fraction of sp³-hybridized carbons (Fsp3) is 0.214. The number of benzene rings is 1. The molecule has 0 radical (unpaired) electrons. The average molecular weight is 370 g/mol. The van der Waals surface area contributed by atoms with Crippen LogP contribution in [-0.4, -0.2) is 24.1 Å². The van der Waals surface area contributed by atoms with Crippen molar-refractivity contribution in [3.05, 3.63) is 46.2 Å². The van der Waals surface area contributed by atoms with Crippen molar-refractivity contribution in [1.29, 1.82) is 0 Å². The van der Waals surface area contributed by atoms with Crippen LogP contribution in [0.2, 0.25) is 0 Å². The number of carbonyl (C=O) groups excluding carboxylic acids is 1. The number of para-hydroxylation sites is 1. The van der Waals surface area contributed by atoms with Crippen LogP contribution in [0, 0.1) is 3.57 Å². The Morgan fingerprint density at radius 1 is 1.53 bits per heavy atom. The highest BCUT2D eigenvalue weighted by Gasteiger charge is 2.20. The molecule has 0 atom stereocenters. The maximum absolute atomic E-state index is 12.2. The maximum atomic E-state index is 12.2. The standard InChI is InChI=1S/C14H15IN2O2/c1-3-8-16-14(18)13-12(15)10-6-4-5-7-11(10)17(13)9-19-2/h3-7H,1,8-9H2,2H3,(H,16,18). The van der Waals surface area contributed by atoms with E-state index in [1.165, 1.54) is 0 Å². The van der Waals surface area contributed by atoms with Gasteiger partial charge in [-0.3, -0.25) is 4.79 Å². The molecule has 0 unspecified atom stereocenters. The van der Waals surface area contributed by atoms with E-state index in [1.54, 1.807) is 13.2 Å². The van der Waals surface area contributed by atoms with Gasteiger partial charge < -0.3 is 14.6 Å². The van der Waals surface area contributed by atoms with E-state index in [-0.39, 0.29) is 5.91 Å². The molecule has 1 N–H and O–H groups in total. The Bertz CT molecular complexity index is 619. The minimum absolute atomic E-state index is 0.113. The normalized spacial score (nSPS) is 10.6. The Morgan fingerprint density at radius 3 is 2.95 bits per heavy atom. The number of ether oxygens (including phenoxy) is 1. The number of fused-ring (bicyclic) bond motifs is 1. The first-order valence-electron chi connectivity index (χ1n) is 5.85. The highest BCUT2D eigenvalue weighted by molar-refractivity contribution is 14.1. The molecule has 2 rings (SSSR count). The van der Waals surface area contributed by atoms with Crippen molar-refractivity contribution in [2.45, 2.75) is 6.73 Å². The predicted octanol–water partition coefficient (Wildman–Crippen LogP) is 2.77. The highest BCUT2D eigenvalue weighted by Crippen LogP contribution is 2.27. The number of methoxy groups -OCH3 is 1. The summed E-state index contributed by atoms with van der Waals surface area (Å²) < 4.78 is 8.03. The van der Waals surface area contributed by atoms with Crippen molar-refractivity contribution in [2.75, 3.05) is 13.7 Å². The number of aromatic nitrogens is 1. The van der Waals surface area contributed by atoms with E-state index in [0.717, 1.165) is 14.5 Å². The van der Waals surface area contributed by atoms with Crippen LogP contribution in [0.25, 0.3) is 10.9 Å². The van der Waals surface area contributed by atoms with E-state index in [2.05, 4.69) is 34.5 Å². The summed E-state index contributed by atoms with van der Waals surface area (Å²) in [4.78, 5) is 12.2. The number of hydrogen-bond acceptors (Lipinski definition) is 2. The first kappa shape index (κ1) is 14.1. The second-order valence-corrected chi connectivity index (χ2v) is 5.10. The quantitative estimate of drug-likeness (QED) is 0.650. The Morgan fingerprint density at radius 2 is 2.26 bits per heavy atom. The third kappa shape index (κ3) is 2.66. The molecule has 5 heteroatoms. The molecule has 1 amide bonds. The molecule has 1 aromatic heterocycles. The molecule has 0 aliphatic carbocycles. The van der Waals surface area contributed by atoms with Gasteiger partial charge in [-0.05, 0) is 28.7 Å². The topological polar surface area (TPSA) is 43.3 Å². The van der Waals surface area contributed by atoms with E-state index >= 15 is 0 Å². The number of nitrogens with zero attached hydrogens (tertiary/aromatic N) is 1. The minimum Gasteiger partial charge on any atom is -0.364 e. The summed E-state index contributed by atoms with van der Waals surface area (Å²) in [5.74, 6) is -0.113. The van der Waals surface area contributed by atoms with Crippen molar-refractivity contribution in [3.63, 3.8) is 0 Å². The van der Waals surface area contributed by atoms with Crippen LogP contribution in [0.5, 0.6) is 0 Å². The molecule has 4 nitrogen and oxygen atoms in total. The van der Waals surface area contributed by atoms with Crippen molar-refractivity contribution in [3.8, 4) is 0 Å². The molecule has 0 saturated carbocycles. The SMILES string of the molecule is C=CCNC(=O)c1c(I)c2ccccc2n1COC. The number of hydrogen-bond donors (Lipinski definition) is 1. The zero-order valence-electron chi connectivity index (χ0n) is 10.6. The molecular formula is C14H15IN2O2. The van der Waals surface area contributed by atoms with Crippen molar-refractivity contribution in [2.24, 2.45) is 0 Å². The van der Waals surface area contributed by atoms with Crippen molar-refractivity contribution < 1.29 is 9.53 Å². The molecule has 1 aromatic carbocycles. The lowest BCUT2D eigenvalue weighted by Gasteiger charge is -2.09. The minimum atomic E-state index is -0.113. The summed E-state index contributed by atoms with van der Waals surface area (Å²) >= 11 is 2.20. The van der Waals surface area contributed by atoms with E-state index in [1.807, 2.05) is 28.8 Å². The summed E-state index contributed by atoms with van der Waals surface area (Å²) in [5.41, 5.74) is 1.63. The van der Waals surface area contributed by atoms with E-state index in [4.69, 9.17) is 4.74 Å². The highest BCUT2D eigenvalue weighted by atomic mass is 127. The molecular weight excluding hydrogens is 355 g/mol.